The molecule has 0 saturated heterocycles. The van der Waals surface area contributed by atoms with Gasteiger partial charge in [0.25, 0.3) is 5.69 Å². The minimum absolute atomic E-state index is 0.0820. The minimum atomic E-state index is -0.380. The standard InChI is InChI=1S/C17H19N3O2S/c1-11-8-14-15(9-17(2,3)10-18-16(14)23)19(11)12-4-6-13(7-5-12)20(21)22/h4-8H,9-10H2,1-3H3,(H,18,23). The van der Waals surface area contributed by atoms with E-state index in [1.54, 1.807) is 24.3 Å². The number of non-ortho nitro benzene ring substituents is 1. The van der Waals surface area contributed by atoms with Crippen molar-refractivity contribution in [1.29, 1.82) is 0 Å². The van der Waals surface area contributed by atoms with E-state index >= 15 is 0 Å². The third kappa shape index (κ3) is 2.86. The van der Waals surface area contributed by atoms with E-state index in [2.05, 4.69) is 29.8 Å². The van der Waals surface area contributed by atoms with Gasteiger partial charge in [0.05, 0.1) is 4.92 Å². The Hall–Kier alpha value is -2.21. The van der Waals surface area contributed by atoms with Crippen LogP contribution < -0.4 is 5.32 Å². The van der Waals surface area contributed by atoms with Crippen LogP contribution in [-0.2, 0) is 6.42 Å². The van der Waals surface area contributed by atoms with Crippen molar-refractivity contribution in [2.75, 3.05) is 6.54 Å². The molecule has 5 nitrogen and oxygen atoms in total. The van der Waals surface area contributed by atoms with Gasteiger partial charge in [-0.05, 0) is 37.0 Å². The summed E-state index contributed by atoms with van der Waals surface area (Å²) in [6, 6.07) is 8.76. The molecule has 1 N–H and O–H groups in total. The number of benzene rings is 1. The molecular formula is C17H19N3O2S. The van der Waals surface area contributed by atoms with Crippen molar-refractivity contribution >= 4 is 22.9 Å². The van der Waals surface area contributed by atoms with Crippen LogP contribution in [0.1, 0.15) is 30.8 Å². The molecule has 6 heteroatoms. The number of rotatable bonds is 2. The summed E-state index contributed by atoms with van der Waals surface area (Å²) in [4.78, 5) is 11.2. The average Bonchev–Trinajstić information content (AvgIpc) is 2.75. The van der Waals surface area contributed by atoms with E-state index in [1.165, 1.54) is 0 Å². The Kier molecular flexibility index (Phi) is 3.72. The van der Waals surface area contributed by atoms with Gasteiger partial charge in [-0.15, -0.1) is 0 Å². The van der Waals surface area contributed by atoms with Crippen LogP contribution in [0.3, 0.4) is 0 Å². The van der Waals surface area contributed by atoms with Crippen molar-refractivity contribution in [3.05, 3.63) is 57.4 Å². The zero-order valence-electron chi connectivity index (χ0n) is 13.4. The highest BCUT2D eigenvalue weighted by Crippen LogP contribution is 2.31. The Morgan fingerprint density at radius 3 is 2.57 bits per heavy atom. The number of aryl methyl sites for hydroxylation is 1. The van der Waals surface area contributed by atoms with Gasteiger partial charge in [0.2, 0.25) is 0 Å². The second-order valence-corrected chi connectivity index (χ2v) is 7.19. The molecule has 1 aromatic carbocycles. The van der Waals surface area contributed by atoms with E-state index in [9.17, 15) is 10.1 Å². The Labute approximate surface area is 140 Å². The molecule has 0 bridgehead atoms. The van der Waals surface area contributed by atoms with E-state index in [0.717, 1.165) is 40.6 Å². The maximum atomic E-state index is 10.8. The molecule has 120 valence electrons. The molecule has 0 fully saturated rings. The lowest BCUT2D eigenvalue weighted by Gasteiger charge is -2.23. The second kappa shape index (κ2) is 5.45. The first-order valence-electron chi connectivity index (χ1n) is 7.53. The summed E-state index contributed by atoms with van der Waals surface area (Å²) in [5, 5.41) is 14.2. The third-order valence-corrected chi connectivity index (χ3v) is 4.59. The van der Waals surface area contributed by atoms with Gasteiger partial charge in [-0.3, -0.25) is 10.1 Å². The predicted molar refractivity (Wildman–Crippen MR) is 94.3 cm³/mol. The summed E-state index contributed by atoms with van der Waals surface area (Å²) in [6.45, 7) is 7.28. The van der Waals surface area contributed by atoms with Crippen LogP contribution >= 0.6 is 12.2 Å². The third-order valence-electron chi connectivity index (χ3n) is 4.22. The van der Waals surface area contributed by atoms with Gasteiger partial charge in [0.1, 0.15) is 4.99 Å². The van der Waals surface area contributed by atoms with Crippen molar-refractivity contribution in [2.45, 2.75) is 27.2 Å². The Morgan fingerprint density at radius 2 is 1.96 bits per heavy atom. The Morgan fingerprint density at radius 1 is 1.30 bits per heavy atom. The number of thiocarbonyl (C=S) groups is 1. The lowest BCUT2D eigenvalue weighted by molar-refractivity contribution is -0.384. The Bertz CT molecular complexity index is 791. The fourth-order valence-corrected chi connectivity index (χ4v) is 3.32. The fourth-order valence-electron chi connectivity index (χ4n) is 3.07. The summed E-state index contributed by atoms with van der Waals surface area (Å²) in [7, 11) is 0. The van der Waals surface area contributed by atoms with Gasteiger partial charge in [-0.1, -0.05) is 26.1 Å². The van der Waals surface area contributed by atoms with Crippen molar-refractivity contribution in [3.8, 4) is 5.69 Å². The molecule has 0 spiro atoms. The Balaban J connectivity index is 2.13. The number of nitrogens with zero attached hydrogens (tertiary/aromatic N) is 2. The zero-order chi connectivity index (χ0) is 16.8. The van der Waals surface area contributed by atoms with Gasteiger partial charge in [-0.2, -0.15) is 0 Å². The number of nitro benzene ring substituents is 1. The van der Waals surface area contributed by atoms with Gasteiger partial charge in [0, 0.05) is 41.3 Å². The van der Waals surface area contributed by atoms with E-state index < -0.39 is 0 Å². The van der Waals surface area contributed by atoms with E-state index in [4.69, 9.17) is 12.2 Å². The lowest BCUT2D eigenvalue weighted by atomic mass is 9.88. The predicted octanol–water partition coefficient (Wildman–Crippen LogP) is 3.54. The van der Waals surface area contributed by atoms with E-state index in [-0.39, 0.29) is 16.0 Å². The molecule has 0 radical (unpaired) electrons. The molecule has 0 aliphatic carbocycles. The van der Waals surface area contributed by atoms with Crippen molar-refractivity contribution in [2.24, 2.45) is 5.41 Å². The fraction of sp³-hybridized carbons (Fsp3) is 0.353. The average molecular weight is 329 g/mol. The van der Waals surface area contributed by atoms with Crippen molar-refractivity contribution < 1.29 is 4.92 Å². The summed E-state index contributed by atoms with van der Waals surface area (Å²) < 4.78 is 2.15. The van der Waals surface area contributed by atoms with Gasteiger partial charge >= 0.3 is 0 Å². The van der Waals surface area contributed by atoms with Crippen LogP contribution in [0.15, 0.2) is 30.3 Å². The quantitative estimate of drug-likeness (QED) is 0.520. The van der Waals surface area contributed by atoms with Crippen molar-refractivity contribution in [3.63, 3.8) is 0 Å². The highest BCUT2D eigenvalue weighted by atomic mass is 32.1. The van der Waals surface area contributed by atoms with Crippen molar-refractivity contribution in [1.82, 2.24) is 9.88 Å². The SMILES string of the molecule is Cc1cc2c(n1-c1ccc([N+](=O)[O-])cc1)CC(C)(C)CNC2=S. The second-order valence-electron chi connectivity index (χ2n) is 6.78. The smallest absolute Gasteiger partial charge is 0.269 e. The first-order chi connectivity index (χ1) is 10.8. The molecule has 0 amide bonds. The summed E-state index contributed by atoms with van der Waals surface area (Å²) in [5.74, 6) is 0. The lowest BCUT2D eigenvalue weighted by Crippen LogP contribution is -2.31. The highest BCUT2D eigenvalue weighted by Gasteiger charge is 2.29. The number of nitro groups is 1. The summed E-state index contributed by atoms with van der Waals surface area (Å²) in [5.41, 5.74) is 4.40. The van der Waals surface area contributed by atoms with Crippen LogP contribution in [0, 0.1) is 22.5 Å². The van der Waals surface area contributed by atoms with Crippen LogP contribution in [0.25, 0.3) is 5.69 Å². The minimum Gasteiger partial charge on any atom is -0.375 e. The van der Waals surface area contributed by atoms with Crippen LogP contribution in [-0.4, -0.2) is 21.0 Å². The number of hydrogen-bond acceptors (Lipinski definition) is 3. The molecule has 1 aliphatic rings. The first kappa shape index (κ1) is 15.7. The largest absolute Gasteiger partial charge is 0.375 e. The molecule has 3 rings (SSSR count). The molecule has 0 saturated carbocycles. The zero-order valence-corrected chi connectivity index (χ0v) is 14.2. The van der Waals surface area contributed by atoms with Crippen LogP contribution in [0.4, 0.5) is 5.69 Å². The number of nitrogens with one attached hydrogen (secondary N) is 1. The molecule has 23 heavy (non-hydrogen) atoms. The van der Waals surface area contributed by atoms with E-state index in [1.807, 2.05) is 6.92 Å². The van der Waals surface area contributed by atoms with Crippen LogP contribution in [0.5, 0.6) is 0 Å². The molecule has 2 heterocycles. The van der Waals surface area contributed by atoms with Crippen LogP contribution in [0.2, 0.25) is 0 Å². The summed E-state index contributed by atoms with van der Waals surface area (Å²) in [6.07, 6.45) is 0.889. The van der Waals surface area contributed by atoms with Gasteiger partial charge in [0.15, 0.2) is 0 Å². The monoisotopic (exact) mass is 329 g/mol. The van der Waals surface area contributed by atoms with Gasteiger partial charge in [-0.25, -0.2) is 0 Å². The molecule has 1 aromatic heterocycles. The normalized spacial score (nSPS) is 16.4. The number of fused-ring (bicyclic) bond motifs is 1. The highest BCUT2D eigenvalue weighted by molar-refractivity contribution is 7.80. The molecule has 0 atom stereocenters. The molecular weight excluding hydrogens is 310 g/mol. The van der Waals surface area contributed by atoms with E-state index in [0.29, 0.717) is 0 Å². The number of hydrogen-bond donors (Lipinski definition) is 1. The molecule has 2 aromatic rings. The number of aromatic nitrogens is 1. The molecule has 0 unspecified atom stereocenters. The summed E-state index contributed by atoms with van der Waals surface area (Å²) >= 11 is 5.51. The topological polar surface area (TPSA) is 60.1 Å². The molecule has 1 aliphatic heterocycles. The maximum absolute atomic E-state index is 10.8. The van der Waals surface area contributed by atoms with Gasteiger partial charge < -0.3 is 9.88 Å². The first-order valence-corrected chi connectivity index (χ1v) is 7.93. The maximum Gasteiger partial charge on any atom is 0.269 e.